The van der Waals surface area contributed by atoms with Crippen molar-refractivity contribution in [1.29, 1.82) is 0 Å². The fourth-order valence-electron chi connectivity index (χ4n) is 2.93. The number of aromatic nitrogens is 3. The lowest BCUT2D eigenvalue weighted by Gasteiger charge is -2.24. The first kappa shape index (κ1) is 13.6. The van der Waals surface area contributed by atoms with Gasteiger partial charge in [-0.15, -0.1) is 0 Å². The molecule has 1 unspecified atom stereocenters. The molecule has 1 N–H and O–H groups in total. The fraction of sp³-hybridized carbons (Fsp3) is 0.118. The third-order valence-electron chi connectivity index (χ3n) is 4.00. The molecule has 1 amide bonds. The second-order valence-corrected chi connectivity index (χ2v) is 5.41. The number of halogens is 1. The Labute approximate surface area is 131 Å². The van der Waals surface area contributed by atoms with Crippen molar-refractivity contribution in [2.45, 2.75) is 12.3 Å². The number of pyridine rings is 1. The molecule has 0 bridgehead atoms. The van der Waals surface area contributed by atoms with Gasteiger partial charge in [-0.3, -0.25) is 9.78 Å². The molecule has 0 saturated heterocycles. The summed E-state index contributed by atoms with van der Waals surface area (Å²) in [6, 6.07) is 9.99. The largest absolute Gasteiger partial charge is 0.309 e. The highest BCUT2D eigenvalue weighted by Crippen LogP contribution is 2.37. The van der Waals surface area contributed by atoms with E-state index in [1.165, 1.54) is 12.1 Å². The Kier molecular flexibility index (Phi) is 3.15. The number of hydrogen-bond donors (Lipinski definition) is 1. The van der Waals surface area contributed by atoms with Gasteiger partial charge in [0.2, 0.25) is 5.91 Å². The summed E-state index contributed by atoms with van der Waals surface area (Å²) < 4.78 is 15.1. The van der Waals surface area contributed by atoms with Crippen LogP contribution in [0.15, 0.2) is 55.1 Å². The van der Waals surface area contributed by atoms with E-state index in [0.29, 0.717) is 12.2 Å². The third-order valence-corrected chi connectivity index (χ3v) is 4.00. The number of imidazole rings is 1. The molecule has 114 valence electrons. The van der Waals surface area contributed by atoms with Crippen LogP contribution in [-0.2, 0) is 4.79 Å². The second kappa shape index (κ2) is 5.31. The Morgan fingerprint density at radius 1 is 1.13 bits per heavy atom. The fourth-order valence-corrected chi connectivity index (χ4v) is 2.93. The van der Waals surface area contributed by atoms with Crippen molar-refractivity contribution < 1.29 is 9.18 Å². The van der Waals surface area contributed by atoms with E-state index in [1.807, 2.05) is 16.7 Å². The molecule has 0 saturated carbocycles. The predicted octanol–water partition coefficient (Wildman–Crippen LogP) is 2.88. The normalized spacial score (nSPS) is 16.7. The lowest BCUT2D eigenvalue weighted by Crippen LogP contribution is -2.25. The van der Waals surface area contributed by atoms with E-state index in [0.717, 1.165) is 16.9 Å². The number of nitrogens with zero attached hydrogens (tertiary/aromatic N) is 3. The summed E-state index contributed by atoms with van der Waals surface area (Å²) in [5, 5.41) is 2.80. The molecule has 3 aromatic rings. The van der Waals surface area contributed by atoms with Crippen LogP contribution in [-0.4, -0.2) is 20.4 Å². The van der Waals surface area contributed by atoms with Gasteiger partial charge in [-0.05, 0) is 42.0 Å². The molecule has 1 atom stereocenters. The molecule has 23 heavy (non-hydrogen) atoms. The van der Waals surface area contributed by atoms with Gasteiger partial charge < -0.3 is 9.88 Å². The van der Waals surface area contributed by atoms with E-state index >= 15 is 0 Å². The summed E-state index contributed by atoms with van der Waals surface area (Å²) in [6.07, 6.45) is 5.40. The summed E-state index contributed by atoms with van der Waals surface area (Å²) in [5.41, 5.74) is 2.69. The van der Waals surface area contributed by atoms with Crippen LogP contribution in [0.5, 0.6) is 0 Å². The maximum atomic E-state index is 13.2. The molecule has 0 aliphatic carbocycles. The average molecular weight is 308 g/mol. The summed E-state index contributed by atoms with van der Waals surface area (Å²) in [6.45, 7) is 0. The molecular weight excluding hydrogens is 295 g/mol. The number of carbonyl (C=O) groups is 1. The van der Waals surface area contributed by atoms with Gasteiger partial charge in [-0.1, -0.05) is 0 Å². The maximum absolute atomic E-state index is 13.2. The van der Waals surface area contributed by atoms with Crippen LogP contribution >= 0.6 is 0 Å². The zero-order valence-electron chi connectivity index (χ0n) is 12.1. The molecule has 5 nitrogen and oxygen atoms in total. The van der Waals surface area contributed by atoms with Gasteiger partial charge in [0.15, 0.2) is 5.82 Å². The van der Waals surface area contributed by atoms with Gasteiger partial charge in [0.25, 0.3) is 0 Å². The van der Waals surface area contributed by atoms with Crippen molar-refractivity contribution >= 4 is 11.7 Å². The summed E-state index contributed by atoms with van der Waals surface area (Å²) in [7, 11) is 0. The lowest BCUT2D eigenvalue weighted by molar-refractivity contribution is -0.116. The lowest BCUT2D eigenvalue weighted by atomic mass is 9.90. The molecule has 1 aliphatic heterocycles. The van der Waals surface area contributed by atoms with Crippen LogP contribution in [0.2, 0.25) is 0 Å². The predicted molar refractivity (Wildman–Crippen MR) is 82.8 cm³/mol. The van der Waals surface area contributed by atoms with Crippen LogP contribution < -0.4 is 5.32 Å². The highest BCUT2D eigenvalue weighted by atomic mass is 19.1. The monoisotopic (exact) mass is 308 g/mol. The Hall–Kier alpha value is -3.02. The summed E-state index contributed by atoms with van der Waals surface area (Å²) >= 11 is 0. The first-order chi connectivity index (χ1) is 11.2. The molecule has 6 heteroatoms. The van der Waals surface area contributed by atoms with Crippen molar-refractivity contribution in [2.75, 3.05) is 5.32 Å². The average Bonchev–Trinajstić information content (AvgIpc) is 2.99. The van der Waals surface area contributed by atoms with Gasteiger partial charge in [0.1, 0.15) is 12.1 Å². The van der Waals surface area contributed by atoms with E-state index in [4.69, 9.17) is 0 Å². The van der Waals surface area contributed by atoms with E-state index < -0.39 is 0 Å². The SMILES string of the molecule is O=C1CC(c2ccncc2)c2c(ncn2-c2ccc(F)cc2)N1. The number of amides is 1. The van der Waals surface area contributed by atoms with E-state index in [2.05, 4.69) is 15.3 Å². The van der Waals surface area contributed by atoms with Crippen LogP contribution in [0.25, 0.3) is 5.69 Å². The zero-order valence-corrected chi connectivity index (χ0v) is 12.1. The zero-order chi connectivity index (χ0) is 15.8. The topological polar surface area (TPSA) is 59.8 Å². The number of fused-ring (bicyclic) bond motifs is 1. The minimum atomic E-state index is -0.290. The maximum Gasteiger partial charge on any atom is 0.226 e. The van der Waals surface area contributed by atoms with Gasteiger partial charge in [-0.2, -0.15) is 0 Å². The number of rotatable bonds is 2. The first-order valence-electron chi connectivity index (χ1n) is 7.25. The molecule has 4 rings (SSSR count). The van der Waals surface area contributed by atoms with E-state index in [-0.39, 0.29) is 17.6 Å². The Morgan fingerprint density at radius 3 is 2.61 bits per heavy atom. The van der Waals surface area contributed by atoms with Gasteiger partial charge >= 0.3 is 0 Å². The van der Waals surface area contributed by atoms with Crippen molar-refractivity contribution in [3.63, 3.8) is 0 Å². The Balaban J connectivity index is 1.86. The van der Waals surface area contributed by atoms with Crippen LogP contribution in [0.4, 0.5) is 10.2 Å². The van der Waals surface area contributed by atoms with Crippen molar-refractivity contribution in [3.8, 4) is 5.69 Å². The van der Waals surface area contributed by atoms with Crippen molar-refractivity contribution in [1.82, 2.24) is 14.5 Å². The van der Waals surface area contributed by atoms with Crippen LogP contribution in [0, 0.1) is 5.82 Å². The number of hydrogen-bond acceptors (Lipinski definition) is 3. The third kappa shape index (κ3) is 2.38. The molecule has 0 radical (unpaired) electrons. The van der Waals surface area contributed by atoms with Crippen molar-refractivity contribution in [3.05, 3.63) is 72.2 Å². The molecule has 0 spiro atoms. The number of carbonyl (C=O) groups excluding carboxylic acids is 1. The number of nitrogens with one attached hydrogen (secondary N) is 1. The van der Waals surface area contributed by atoms with E-state index in [1.54, 1.807) is 30.9 Å². The Morgan fingerprint density at radius 2 is 1.87 bits per heavy atom. The van der Waals surface area contributed by atoms with Crippen LogP contribution in [0.1, 0.15) is 23.6 Å². The summed E-state index contributed by atoms with van der Waals surface area (Å²) in [4.78, 5) is 20.3. The number of anilines is 1. The quantitative estimate of drug-likeness (QED) is 0.792. The van der Waals surface area contributed by atoms with Gasteiger partial charge in [0, 0.05) is 30.4 Å². The molecular formula is C17H13FN4O. The van der Waals surface area contributed by atoms with Crippen LogP contribution in [0.3, 0.4) is 0 Å². The molecule has 0 fully saturated rings. The van der Waals surface area contributed by atoms with Crippen molar-refractivity contribution in [2.24, 2.45) is 0 Å². The van der Waals surface area contributed by atoms with E-state index in [9.17, 15) is 9.18 Å². The minimum Gasteiger partial charge on any atom is -0.309 e. The number of benzene rings is 1. The highest BCUT2D eigenvalue weighted by Gasteiger charge is 2.31. The Bertz CT molecular complexity index is 858. The van der Waals surface area contributed by atoms with Gasteiger partial charge in [-0.25, -0.2) is 9.37 Å². The molecule has 2 aromatic heterocycles. The summed E-state index contributed by atoms with van der Waals surface area (Å²) in [5.74, 6) is 0.0760. The first-order valence-corrected chi connectivity index (χ1v) is 7.25. The second-order valence-electron chi connectivity index (χ2n) is 5.41. The minimum absolute atomic E-state index is 0.0660. The highest BCUT2D eigenvalue weighted by molar-refractivity contribution is 5.94. The molecule has 3 heterocycles. The standard InChI is InChI=1S/C17H13FN4O/c18-12-1-3-13(4-2-12)22-10-20-17-16(22)14(9-15(23)21-17)11-5-7-19-8-6-11/h1-8,10,14H,9H2,(H,21,23). The molecule has 1 aliphatic rings. The van der Waals surface area contributed by atoms with Gasteiger partial charge in [0.05, 0.1) is 5.69 Å². The smallest absolute Gasteiger partial charge is 0.226 e. The molecule has 1 aromatic carbocycles.